The zero-order valence-corrected chi connectivity index (χ0v) is 18.2. The Morgan fingerprint density at radius 2 is 2.20 bits per heavy atom. The van der Waals surface area contributed by atoms with E-state index in [0.29, 0.717) is 29.5 Å². The zero-order chi connectivity index (χ0) is 20.7. The first kappa shape index (κ1) is 19.4. The molecule has 1 aliphatic heterocycles. The van der Waals surface area contributed by atoms with E-state index in [4.69, 9.17) is 14.5 Å². The van der Waals surface area contributed by atoms with Crippen molar-refractivity contribution < 1.29 is 14.4 Å². The molecule has 0 amide bonds. The summed E-state index contributed by atoms with van der Waals surface area (Å²) in [5, 5.41) is 17.4. The van der Waals surface area contributed by atoms with Crippen molar-refractivity contribution in [2.75, 3.05) is 6.79 Å². The van der Waals surface area contributed by atoms with Gasteiger partial charge in [-0.2, -0.15) is 0 Å². The summed E-state index contributed by atoms with van der Waals surface area (Å²) < 4.78 is 11.0. The molecule has 5 rings (SSSR count). The number of rotatable bonds is 5. The number of aryl methyl sites for hydroxylation is 1. The fraction of sp³-hybridized carbons (Fsp3) is 0.200. The van der Waals surface area contributed by atoms with Gasteiger partial charge < -0.3 is 9.47 Å². The second-order valence-electron chi connectivity index (χ2n) is 6.63. The van der Waals surface area contributed by atoms with Crippen LogP contribution in [0.2, 0.25) is 0 Å². The van der Waals surface area contributed by atoms with Crippen molar-refractivity contribution in [3.05, 3.63) is 62.1 Å². The van der Waals surface area contributed by atoms with Crippen LogP contribution >= 0.6 is 34.4 Å². The van der Waals surface area contributed by atoms with E-state index >= 15 is 0 Å². The summed E-state index contributed by atoms with van der Waals surface area (Å²) in [6.07, 6.45) is 0. The smallest absolute Gasteiger partial charge is 0.270 e. The second-order valence-corrected chi connectivity index (χ2v) is 9.40. The van der Waals surface area contributed by atoms with E-state index in [9.17, 15) is 10.1 Å². The van der Waals surface area contributed by atoms with Gasteiger partial charge in [-0.1, -0.05) is 6.07 Å². The summed E-state index contributed by atoms with van der Waals surface area (Å²) >= 11 is 4.83. The number of hydrogen-bond donors (Lipinski definition) is 0. The fourth-order valence-corrected chi connectivity index (χ4v) is 6.29. The van der Waals surface area contributed by atoms with Gasteiger partial charge in [-0.3, -0.25) is 10.1 Å². The highest BCUT2D eigenvalue weighted by Crippen LogP contribution is 2.42. The minimum absolute atomic E-state index is 0.0391. The van der Waals surface area contributed by atoms with Crippen LogP contribution in [-0.2, 0) is 17.1 Å². The number of nitro groups is 1. The molecule has 0 N–H and O–H groups in total. The van der Waals surface area contributed by atoms with Crippen LogP contribution in [0.3, 0.4) is 0 Å². The largest absolute Gasteiger partial charge is 0.467 e. The number of thioether (sulfide) groups is 1. The summed E-state index contributed by atoms with van der Waals surface area (Å²) in [6, 6.07) is 7.21. The molecule has 3 aromatic heterocycles. The Kier molecular flexibility index (Phi) is 5.15. The van der Waals surface area contributed by atoms with Crippen LogP contribution in [0.1, 0.15) is 17.0 Å². The number of non-ortho nitro benzene ring substituents is 1. The molecule has 0 atom stereocenters. The number of nitrogens with zero attached hydrogens (tertiary/aromatic N) is 3. The molecule has 0 unspecified atom stereocenters. The number of benzene rings is 1. The van der Waals surface area contributed by atoms with Gasteiger partial charge in [0.15, 0.2) is 6.79 Å². The van der Waals surface area contributed by atoms with Gasteiger partial charge in [-0.05, 0) is 18.4 Å². The van der Waals surface area contributed by atoms with E-state index in [2.05, 4.69) is 21.8 Å². The van der Waals surface area contributed by atoms with Gasteiger partial charge in [0.05, 0.1) is 16.9 Å². The van der Waals surface area contributed by atoms with Crippen LogP contribution in [0, 0.1) is 17.0 Å². The number of nitro benzene ring substituents is 1. The molecule has 10 heteroatoms. The molecular formula is C20H15N3O4S3. The summed E-state index contributed by atoms with van der Waals surface area (Å²) in [6.45, 7) is 2.33. The highest BCUT2D eigenvalue weighted by Gasteiger charge is 2.22. The van der Waals surface area contributed by atoms with Crippen LogP contribution in [0.25, 0.3) is 20.7 Å². The lowest BCUT2D eigenvalue weighted by Crippen LogP contribution is -2.13. The quantitative estimate of drug-likeness (QED) is 0.162. The molecule has 4 aromatic rings. The lowest BCUT2D eigenvalue weighted by Gasteiger charge is -2.20. The lowest BCUT2D eigenvalue weighted by atomic mass is 10.1. The molecule has 30 heavy (non-hydrogen) atoms. The molecule has 0 aliphatic carbocycles. The van der Waals surface area contributed by atoms with Crippen molar-refractivity contribution in [1.29, 1.82) is 0 Å². The summed E-state index contributed by atoms with van der Waals surface area (Å²) in [5.74, 6) is 1.87. The molecule has 1 aliphatic rings. The maximum atomic E-state index is 11.4. The molecule has 0 bridgehead atoms. The molecule has 0 spiro atoms. The van der Waals surface area contributed by atoms with Gasteiger partial charge in [0, 0.05) is 44.8 Å². The fourth-order valence-electron chi connectivity index (χ4n) is 3.37. The number of ether oxygens (including phenoxy) is 2. The third kappa shape index (κ3) is 3.56. The molecule has 0 saturated carbocycles. The second kappa shape index (κ2) is 7.95. The van der Waals surface area contributed by atoms with E-state index < -0.39 is 0 Å². The van der Waals surface area contributed by atoms with Gasteiger partial charge in [0.2, 0.25) is 0 Å². The Bertz CT molecular complexity index is 1250. The van der Waals surface area contributed by atoms with Crippen LogP contribution in [-0.4, -0.2) is 21.7 Å². The molecule has 152 valence electrons. The summed E-state index contributed by atoms with van der Waals surface area (Å²) in [7, 11) is 0. The maximum Gasteiger partial charge on any atom is 0.270 e. The molecule has 0 radical (unpaired) electrons. The van der Waals surface area contributed by atoms with E-state index in [1.165, 1.54) is 10.9 Å². The Labute approximate surface area is 183 Å². The Morgan fingerprint density at radius 3 is 3.00 bits per heavy atom. The number of thiophene rings is 2. The molecule has 1 aromatic carbocycles. The van der Waals surface area contributed by atoms with Crippen LogP contribution in [0.5, 0.6) is 5.75 Å². The zero-order valence-electron chi connectivity index (χ0n) is 15.8. The van der Waals surface area contributed by atoms with Crippen LogP contribution < -0.4 is 4.74 Å². The topological polar surface area (TPSA) is 87.4 Å². The predicted molar refractivity (Wildman–Crippen MR) is 118 cm³/mol. The van der Waals surface area contributed by atoms with E-state index in [1.807, 2.05) is 13.0 Å². The van der Waals surface area contributed by atoms with Crippen molar-refractivity contribution in [3.63, 3.8) is 0 Å². The molecule has 0 fully saturated rings. The Hall–Kier alpha value is -2.53. The van der Waals surface area contributed by atoms with Crippen molar-refractivity contribution in [3.8, 4) is 16.2 Å². The minimum Gasteiger partial charge on any atom is -0.467 e. The molecular weight excluding hydrogens is 442 g/mol. The standard InChI is InChI=1S/C20H15N3O4S3/c1-11-21-19(17-15(9-30-20(17)22-11)16-3-2-4-28-16)29-8-13-6-14(23(24)25)5-12-7-26-10-27-18(12)13/h2-6,9H,7-8,10H2,1H3. The average Bonchev–Trinajstić information content (AvgIpc) is 3.41. The van der Waals surface area contributed by atoms with Crippen molar-refractivity contribution >= 4 is 50.3 Å². The monoisotopic (exact) mass is 457 g/mol. The van der Waals surface area contributed by atoms with Gasteiger partial charge in [0.25, 0.3) is 5.69 Å². The van der Waals surface area contributed by atoms with E-state index in [0.717, 1.165) is 26.4 Å². The third-order valence-electron chi connectivity index (χ3n) is 4.65. The Balaban J connectivity index is 1.55. The normalized spacial score (nSPS) is 13.2. The first-order chi connectivity index (χ1) is 14.6. The number of hydrogen-bond acceptors (Lipinski definition) is 9. The SMILES string of the molecule is Cc1nc(SCc2cc([N+](=O)[O-])cc3c2OCOC3)c2c(-c3cccs3)csc2n1. The molecule has 7 nitrogen and oxygen atoms in total. The number of fused-ring (bicyclic) bond motifs is 2. The summed E-state index contributed by atoms with van der Waals surface area (Å²) in [5.41, 5.74) is 2.63. The van der Waals surface area contributed by atoms with Gasteiger partial charge in [0.1, 0.15) is 21.4 Å². The maximum absolute atomic E-state index is 11.4. The first-order valence-corrected chi connectivity index (χ1v) is 11.8. The summed E-state index contributed by atoms with van der Waals surface area (Å²) in [4.78, 5) is 22.4. The van der Waals surface area contributed by atoms with Gasteiger partial charge in [-0.15, -0.1) is 34.4 Å². The van der Waals surface area contributed by atoms with Crippen molar-refractivity contribution in [1.82, 2.24) is 9.97 Å². The Morgan fingerprint density at radius 1 is 1.30 bits per heavy atom. The van der Waals surface area contributed by atoms with Crippen LogP contribution in [0.15, 0.2) is 40.1 Å². The predicted octanol–water partition coefficient (Wildman–Crippen LogP) is 5.80. The van der Waals surface area contributed by atoms with Crippen LogP contribution in [0.4, 0.5) is 5.69 Å². The average molecular weight is 458 g/mol. The third-order valence-corrected chi connectivity index (χ3v) is 7.45. The van der Waals surface area contributed by atoms with E-state index in [-0.39, 0.29) is 17.4 Å². The van der Waals surface area contributed by atoms with Crippen molar-refractivity contribution in [2.24, 2.45) is 0 Å². The minimum atomic E-state index is -0.385. The van der Waals surface area contributed by atoms with Crippen molar-refractivity contribution in [2.45, 2.75) is 24.3 Å². The highest BCUT2D eigenvalue weighted by atomic mass is 32.2. The van der Waals surface area contributed by atoms with Gasteiger partial charge in [-0.25, -0.2) is 9.97 Å². The van der Waals surface area contributed by atoms with E-state index in [1.54, 1.807) is 40.5 Å². The first-order valence-electron chi connectivity index (χ1n) is 9.03. The molecule has 0 saturated heterocycles. The van der Waals surface area contributed by atoms with Gasteiger partial charge >= 0.3 is 0 Å². The lowest BCUT2D eigenvalue weighted by molar-refractivity contribution is -0.385. The number of aromatic nitrogens is 2. The highest BCUT2D eigenvalue weighted by molar-refractivity contribution is 7.98. The molecule has 4 heterocycles.